The quantitative estimate of drug-likeness (QED) is 0.801. The third-order valence-corrected chi connectivity index (χ3v) is 4.70. The van der Waals surface area contributed by atoms with Crippen LogP contribution in [0.2, 0.25) is 0 Å². The van der Waals surface area contributed by atoms with Crippen molar-refractivity contribution in [1.82, 2.24) is 10.0 Å². The van der Waals surface area contributed by atoms with Crippen LogP contribution < -0.4 is 0 Å². The van der Waals surface area contributed by atoms with E-state index in [1.54, 1.807) is 6.07 Å². The summed E-state index contributed by atoms with van der Waals surface area (Å²) in [5.41, 5.74) is 0.614. The molecule has 0 aliphatic carbocycles. The highest BCUT2D eigenvalue weighted by molar-refractivity contribution is 5.82. The van der Waals surface area contributed by atoms with Gasteiger partial charge in [0.2, 0.25) is 5.91 Å². The molecule has 2 saturated heterocycles. The molecule has 2 aliphatic rings. The van der Waals surface area contributed by atoms with E-state index in [2.05, 4.69) is 5.01 Å². The predicted octanol–water partition coefficient (Wildman–Crippen LogP) is 3.01. The van der Waals surface area contributed by atoms with Crippen molar-refractivity contribution in [3.05, 3.63) is 35.1 Å². The normalized spacial score (nSPS) is 24.7. The van der Waals surface area contributed by atoms with Gasteiger partial charge in [-0.2, -0.15) is 5.26 Å². The predicted molar refractivity (Wildman–Crippen MR) is 79.9 cm³/mol. The summed E-state index contributed by atoms with van der Waals surface area (Å²) in [7, 11) is 0. The molecule has 0 aromatic heterocycles. The number of nitrogens with zero attached hydrogens (tertiary/aromatic N) is 3. The van der Waals surface area contributed by atoms with E-state index >= 15 is 0 Å². The SMILES string of the molecule is CC1(C)CCCN2CC[C@H](c3cc(F)cc(C#N)c3)N2C1=O. The third kappa shape index (κ3) is 2.48. The summed E-state index contributed by atoms with van der Waals surface area (Å²) in [6.45, 7) is 5.60. The summed E-state index contributed by atoms with van der Waals surface area (Å²) in [5, 5.41) is 12.9. The molecule has 3 rings (SSSR count). The van der Waals surface area contributed by atoms with E-state index in [1.807, 2.05) is 24.9 Å². The first-order chi connectivity index (χ1) is 10.4. The molecule has 0 N–H and O–H groups in total. The van der Waals surface area contributed by atoms with Gasteiger partial charge in [-0.1, -0.05) is 13.8 Å². The van der Waals surface area contributed by atoms with Crippen LogP contribution in [0.1, 0.15) is 50.3 Å². The molecule has 116 valence electrons. The Labute approximate surface area is 130 Å². The molecule has 0 radical (unpaired) electrons. The van der Waals surface area contributed by atoms with E-state index in [4.69, 9.17) is 5.26 Å². The van der Waals surface area contributed by atoms with Crippen molar-refractivity contribution >= 4 is 5.91 Å². The van der Waals surface area contributed by atoms with Gasteiger partial charge in [-0.25, -0.2) is 9.40 Å². The van der Waals surface area contributed by atoms with Crippen LogP contribution in [0.3, 0.4) is 0 Å². The Balaban J connectivity index is 2.00. The number of carbonyl (C=O) groups is 1. The van der Waals surface area contributed by atoms with Gasteiger partial charge in [0.1, 0.15) is 5.82 Å². The molecule has 0 bridgehead atoms. The topological polar surface area (TPSA) is 47.3 Å². The van der Waals surface area contributed by atoms with Gasteiger partial charge in [0.05, 0.1) is 17.7 Å². The maximum Gasteiger partial charge on any atom is 0.243 e. The molecule has 4 nitrogen and oxygen atoms in total. The number of fused-ring (bicyclic) bond motifs is 1. The lowest BCUT2D eigenvalue weighted by molar-refractivity contribution is -0.154. The Morgan fingerprint density at radius 3 is 2.82 bits per heavy atom. The Morgan fingerprint density at radius 1 is 1.32 bits per heavy atom. The van der Waals surface area contributed by atoms with Crippen LogP contribution in [0, 0.1) is 22.6 Å². The maximum absolute atomic E-state index is 13.8. The van der Waals surface area contributed by atoms with Crippen LogP contribution in [0.25, 0.3) is 0 Å². The number of halogens is 1. The average molecular weight is 301 g/mol. The van der Waals surface area contributed by atoms with Crippen LogP contribution in [-0.4, -0.2) is 29.0 Å². The minimum atomic E-state index is -0.422. The second-order valence-corrected chi connectivity index (χ2v) is 6.78. The van der Waals surface area contributed by atoms with Gasteiger partial charge in [0, 0.05) is 18.5 Å². The first kappa shape index (κ1) is 15.0. The highest BCUT2D eigenvalue weighted by Gasteiger charge is 2.44. The molecule has 2 heterocycles. The summed E-state index contributed by atoms with van der Waals surface area (Å²) in [5.74, 6) is -0.329. The van der Waals surface area contributed by atoms with E-state index in [0.717, 1.165) is 32.4 Å². The molecule has 0 spiro atoms. The van der Waals surface area contributed by atoms with Crippen LogP contribution in [0.5, 0.6) is 0 Å². The summed E-state index contributed by atoms with van der Waals surface area (Å²) in [6, 6.07) is 6.18. The van der Waals surface area contributed by atoms with Crippen LogP contribution in [0.4, 0.5) is 4.39 Å². The number of amides is 1. The Bertz CT molecular complexity index is 650. The Hall–Kier alpha value is -1.93. The van der Waals surface area contributed by atoms with Crippen molar-refractivity contribution in [2.45, 2.75) is 39.2 Å². The monoisotopic (exact) mass is 301 g/mol. The number of carbonyl (C=O) groups excluding carboxylic acids is 1. The fourth-order valence-electron chi connectivity index (χ4n) is 3.49. The van der Waals surface area contributed by atoms with E-state index < -0.39 is 11.2 Å². The molecule has 1 aromatic rings. The summed E-state index contributed by atoms with van der Waals surface area (Å²) in [4.78, 5) is 12.9. The number of rotatable bonds is 1. The van der Waals surface area contributed by atoms with E-state index in [9.17, 15) is 9.18 Å². The number of benzene rings is 1. The highest BCUT2D eigenvalue weighted by Crippen LogP contribution is 2.40. The molecule has 2 aliphatic heterocycles. The fraction of sp³-hybridized carbons (Fsp3) is 0.529. The van der Waals surface area contributed by atoms with E-state index in [1.165, 1.54) is 12.1 Å². The van der Waals surface area contributed by atoms with E-state index in [-0.39, 0.29) is 11.9 Å². The van der Waals surface area contributed by atoms with Crippen molar-refractivity contribution in [3.63, 3.8) is 0 Å². The van der Waals surface area contributed by atoms with Crippen molar-refractivity contribution < 1.29 is 9.18 Å². The fourth-order valence-corrected chi connectivity index (χ4v) is 3.49. The van der Waals surface area contributed by atoms with Gasteiger partial charge in [-0.3, -0.25) is 9.80 Å². The molecule has 22 heavy (non-hydrogen) atoms. The molecule has 1 aromatic carbocycles. The van der Waals surface area contributed by atoms with Crippen LogP contribution in [0.15, 0.2) is 18.2 Å². The molecule has 1 atom stereocenters. The number of hydrogen-bond acceptors (Lipinski definition) is 3. The zero-order valence-corrected chi connectivity index (χ0v) is 13.0. The van der Waals surface area contributed by atoms with Gasteiger partial charge in [0.15, 0.2) is 0 Å². The molecule has 1 amide bonds. The van der Waals surface area contributed by atoms with Gasteiger partial charge >= 0.3 is 0 Å². The summed E-state index contributed by atoms with van der Waals surface area (Å²) in [6.07, 6.45) is 2.61. The minimum absolute atomic E-state index is 0.0928. The Kier molecular flexibility index (Phi) is 3.65. The Morgan fingerprint density at radius 2 is 2.09 bits per heavy atom. The van der Waals surface area contributed by atoms with Crippen molar-refractivity contribution in [3.8, 4) is 6.07 Å². The van der Waals surface area contributed by atoms with E-state index in [0.29, 0.717) is 11.1 Å². The molecular formula is C17H20FN3O. The van der Waals surface area contributed by atoms with Gasteiger partial charge < -0.3 is 0 Å². The first-order valence-electron chi connectivity index (χ1n) is 7.71. The lowest BCUT2D eigenvalue weighted by Crippen LogP contribution is -2.46. The maximum atomic E-state index is 13.8. The van der Waals surface area contributed by atoms with Gasteiger partial charge in [-0.15, -0.1) is 0 Å². The minimum Gasteiger partial charge on any atom is -0.273 e. The van der Waals surface area contributed by atoms with Crippen molar-refractivity contribution in [1.29, 1.82) is 5.26 Å². The molecular weight excluding hydrogens is 281 g/mol. The lowest BCUT2D eigenvalue weighted by atomic mass is 9.86. The average Bonchev–Trinajstić information content (AvgIpc) is 2.84. The zero-order chi connectivity index (χ0) is 15.9. The molecule has 0 saturated carbocycles. The first-order valence-corrected chi connectivity index (χ1v) is 7.71. The van der Waals surface area contributed by atoms with Crippen LogP contribution >= 0.6 is 0 Å². The van der Waals surface area contributed by atoms with Crippen LogP contribution in [-0.2, 0) is 4.79 Å². The molecule has 0 unspecified atom stereocenters. The highest BCUT2D eigenvalue weighted by atomic mass is 19.1. The number of nitriles is 1. The van der Waals surface area contributed by atoms with Crippen molar-refractivity contribution in [2.75, 3.05) is 13.1 Å². The number of hydrazine groups is 1. The van der Waals surface area contributed by atoms with Gasteiger partial charge in [-0.05, 0) is 43.0 Å². The second-order valence-electron chi connectivity index (χ2n) is 6.78. The van der Waals surface area contributed by atoms with Crippen molar-refractivity contribution in [2.24, 2.45) is 5.41 Å². The largest absolute Gasteiger partial charge is 0.273 e. The second kappa shape index (κ2) is 5.36. The third-order valence-electron chi connectivity index (χ3n) is 4.70. The number of hydrogen-bond donors (Lipinski definition) is 0. The summed E-state index contributed by atoms with van der Waals surface area (Å²) >= 11 is 0. The smallest absolute Gasteiger partial charge is 0.243 e. The lowest BCUT2D eigenvalue weighted by Gasteiger charge is -2.34. The molecule has 2 fully saturated rings. The molecule has 5 heteroatoms. The standard InChI is InChI=1S/C17H20FN3O/c1-17(2)5-3-6-20-7-4-15(21(20)16(17)22)13-8-12(11-19)9-14(18)10-13/h8-10,15H,3-7H2,1-2H3/t15-/m1/s1. The summed E-state index contributed by atoms with van der Waals surface area (Å²) < 4.78 is 13.8. The zero-order valence-electron chi connectivity index (χ0n) is 13.0. The van der Waals surface area contributed by atoms with Gasteiger partial charge in [0.25, 0.3) is 0 Å².